The SMILES string of the molecule is CCOc1ccc(-c2ccc(OCCCCCCCC3(CCCCCCCOc4ccc(-c5ccc(OCC)c(F)c5F)cc4)OCCO3)cc2)c(F)c1F. The summed E-state index contributed by atoms with van der Waals surface area (Å²) in [5.41, 5.74) is 1.52. The Hall–Kier alpha value is -4.28. The maximum Gasteiger partial charge on any atom is 0.201 e. The van der Waals surface area contributed by atoms with E-state index in [0.29, 0.717) is 49.1 Å². The van der Waals surface area contributed by atoms with E-state index in [9.17, 15) is 17.6 Å². The number of unbranched alkanes of at least 4 members (excludes halogenated alkanes) is 8. The Bertz CT molecular complexity index is 1620. The molecule has 0 aliphatic carbocycles. The molecule has 0 bridgehead atoms. The molecule has 1 aliphatic rings. The minimum absolute atomic E-state index is 0.0865. The Morgan fingerprint density at radius 3 is 1.24 bits per heavy atom. The van der Waals surface area contributed by atoms with Crippen molar-refractivity contribution in [2.45, 2.75) is 96.7 Å². The van der Waals surface area contributed by atoms with Crippen molar-refractivity contribution >= 4 is 0 Å². The van der Waals surface area contributed by atoms with Crippen LogP contribution in [0.3, 0.4) is 0 Å². The van der Waals surface area contributed by atoms with Gasteiger partial charge in [0.1, 0.15) is 11.5 Å². The number of halogens is 4. The summed E-state index contributed by atoms with van der Waals surface area (Å²) in [6, 6.07) is 20.0. The van der Waals surface area contributed by atoms with E-state index in [2.05, 4.69) is 0 Å². The molecule has 4 aromatic rings. The topological polar surface area (TPSA) is 55.4 Å². The van der Waals surface area contributed by atoms with E-state index in [-0.39, 0.29) is 35.8 Å². The summed E-state index contributed by atoms with van der Waals surface area (Å²) >= 11 is 0. The standard InChI is InChI=1S/C45H54F4O6/c1-3-50-39-25-23-37(41(46)43(39)48)33-15-19-35(20-16-33)52-29-13-9-5-7-11-27-45(54-31-32-55-45)28-12-8-6-10-14-30-53-36-21-17-34(18-22-36)38-24-26-40(51-4-2)44(49)42(38)47/h15-26H,3-14,27-32H2,1-2H3. The van der Waals surface area contributed by atoms with E-state index in [1.807, 2.05) is 0 Å². The maximum atomic E-state index is 14.6. The van der Waals surface area contributed by atoms with E-state index >= 15 is 0 Å². The van der Waals surface area contributed by atoms with Crippen LogP contribution in [0.25, 0.3) is 22.3 Å². The molecule has 1 aliphatic heterocycles. The summed E-state index contributed by atoms with van der Waals surface area (Å²) in [6.07, 6.45) is 12.3. The molecule has 4 aromatic carbocycles. The molecule has 1 saturated heterocycles. The molecular formula is C45H54F4O6. The number of hydrogen-bond donors (Lipinski definition) is 0. The van der Waals surface area contributed by atoms with Gasteiger partial charge in [-0.15, -0.1) is 0 Å². The first-order valence-electron chi connectivity index (χ1n) is 19.8. The van der Waals surface area contributed by atoms with Gasteiger partial charge in [-0.1, -0.05) is 62.8 Å². The number of hydrogen-bond acceptors (Lipinski definition) is 6. The zero-order valence-electron chi connectivity index (χ0n) is 32.1. The average Bonchev–Trinajstić information content (AvgIpc) is 3.67. The van der Waals surface area contributed by atoms with Crippen molar-refractivity contribution in [3.05, 3.63) is 96.1 Å². The summed E-state index contributed by atoms with van der Waals surface area (Å²) in [6.45, 7) is 6.46. The molecule has 55 heavy (non-hydrogen) atoms. The van der Waals surface area contributed by atoms with Gasteiger partial charge >= 0.3 is 0 Å². The van der Waals surface area contributed by atoms with Crippen LogP contribution in [-0.4, -0.2) is 45.4 Å². The number of benzene rings is 4. The zero-order chi connectivity index (χ0) is 38.9. The third-order valence-corrected chi connectivity index (χ3v) is 9.78. The number of ether oxygens (including phenoxy) is 6. The van der Waals surface area contributed by atoms with Crippen LogP contribution in [-0.2, 0) is 9.47 Å². The Labute approximate surface area is 323 Å². The monoisotopic (exact) mass is 766 g/mol. The van der Waals surface area contributed by atoms with Crippen LogP contribution in [0.4, 0.5) is 17.6 Å². The van der Waals surface area contributed by atoms with Gasteiger partial charge in [-0.2, -0.15) is 8.78 Å². The first-order chi connectivity index (χ1) is 26.8. The first-order valence-corrected chi connectivity index (χ1v) is 19.8. The summed E-state index contributed by atoms with van der Waals surface area (Å²) < 4.78 is 92.0. The lowest BCUT2D eigenvalue weighted by Crippen LogP contribution is -2.30. The minimum Gasteiger partial charge on any atom is -0.494 e. The highest BCUT2D eigenvalue weighted by molar-refractivity contribution is 5.67. The molecule has 10 heteroatoms. The number of rotatable bonds is 24. The van der Waals surface area contributed by atoms with Crippen LogP contribution in [0.15, 0.2) is 72.8 Å². The largest absolute Gasteiger partial charge is 0.494 e. The van der Waals surface area contributed by atoms with Crippen molar-refractivity contribution in [3.63, 3.8) is 0 Å². The van der Waals surface area contributed by atoms with E-state index in [4.69, 9.17) is 28.4 Å². The minimum atomic E-state index is -0.977. The van der Waals surface area contributed by atoms with Gasteiger partial charge in [0.15, 0.2) is 28.9 Å². The first kappa shape index (κ1) is 41.9. The zero-order valence-corrected chi connectivity index (χ0v) is 32.1. The quantitative estimate of drug-likeness (QED) is 0.0523. The Morgan fingerprint density at radius 1 is 0.455 bits per heavy atom. The molecule has 0 atom stereocenters. The second-order valence-corrected chi connectivity index (χ2v) is 13.7. The van der Waals surface area contributed by atoms with Crippen molar-refractivity contribution in [3.8, 4) is 45.3 Å². The van der Waals surface area contributed by atoms with Crippen molar-refractivity contribution in [2.24, 2.45) is 0 Å². The van der Waals surface area contributed by atoms with Crippen LogP contribution in [0.5, 0.6) is 23.0 Å². The van der Waals surface area contributed by atoms with E-state index in [1.165, 1.54) is 24.3 Å². The Kier molecular flexibility index (Phi) is 16.5. The van der Waals surface area contributed by atoms with Crippen LogP contribution in [0.1, 0.15) is 90.9 Å². The molecule has 0 aromatic heterocycles. The normalized spacial score (nSPS) is 13.6. The smallest absolute Gasteiger partial charge is 0.201 e. The fourth-order valence-electron chi connectivity index (χ4n) is 6.85. The summed E-state index contributed by atoms with van der Waals surface area (Å²) in [7, 11) is 0. The molecule has 1 heterocycles. The van der Waals surface area contributed by atoms with Crippen molar-refractivity contribution in [2.75, 3.05) is 39.6 Å². The van der Waals surface area contributed by atoms with Crippen LogP contribution < -0.4 is 18.9 Å². The maximum absolute atomic E-state index is 14.6. The van der Waals surface area contributed by atoms with Crippen molar-refractivity contribution < 1.29 is 46.0 Å². The highest BCUT2D eigenvalue weighted by atomic mass is 19.2. The van der Waals surface area contributed by atoms with Crippen molar-refractivity contribution in [1.29, 1.82) is 0 Å². The van der Waals surface area contributed by atoms with Gasteiger partial charge in [0, 0.05) is 24.0 Å². The highest BCUT2D eigenvalue weighted by Crippen LogP contribution is 2.34. The predicted octanol–water partition coefficient (Wildman–Crippen LogP) is 12.3. The molecule has 1 fully saturated rings. The predicted molar refractivity (Wildman–Crippen MR) is 207 cm³/mol. The van der Waals surface area contributed by atoms with Crippen LogP contribution in [0, 0.1) is 23.3 Å². The molecule has 0 N–H and O–H groups in total. The van der Waals surface area contributed by atoms with Crippen LogP contribution >= 0.6 is 0 Å². The highest BCUT2D eigenvalue weighted by Gasteiger charge is 2.35. The summed E-state index contributed by atoms with van der Waals surface area (Å²) in [5.74, 6) is -3.03. The molecular weight excluding hydrogens is 712 g/mol. The molecule has 0 spiro atoms. The average molecular weight is 767 g/mol. The third kappa shape index (κ3) is 12.1. The molecule has 0 saturated carbocycles. The molecule has 6 nitrogen and oxygen atoms in total. The second kappa shape index (κ2) is 21.7. The van der Waals surface area contributed by atoms with Gasteiger partial charge in [0.05, 0.1) is 39.6 Å². The Balaban J connectivity index is 0.896. The lowest BCUT2D eigenvalue weighted by molar-refractivity contribution is -0.168. The lowest BCUT2D eigenvalue weighted by atomic mass is 9.99. The molecule has 298 valence electrons. The van der Waals surface area contributed by atoms with Gasteiger partial charge in [-0.25, -0.2) is 8.78 Å². The Morgan fingerprint density at radius 2 is 0.836 bits per heavy atom. The second-order valence-electron chi connectivity index (χ2n) is 13.7. The third-order valence-electron chi connectivity index (χ3n) is 9.78. The molecule has 5 rings (SSSR count). The van der Waals surface area contributed by atoms with E-state index in [0.717, 1.165) is 77.0 Å². The summed E-state index contributed by atoms with van der Waals surface area (Å²) in [5, 5.41) is 0. The van der Waals surface area contributed by atoms with Gasteiger partial charge in [-0.05, 0) is 99.2 Å². The van der Waals surface area contributed by atoms with E-state index in [1.54, 1.807) is 62.4 Å². The molecule has 0 radical (unpaired) electrons. The van der Waals surface area contributed by atoms with Crippen molar-refractivity contribution in [1.82, 2.24) is 0 Å². The van der Waals surface area contributed by atoms with Gasteiger partial charge in [0.25, 0.3) is 0 Å². The molecule has 0 amide bonds. The van der Waals surface area contributed by atoms with Gasteiger partial charge in [-0.3, -0.25) is 0 Å². The van der Waals surface area contributed by atoms with Crippen LogP contribution in [0.2, 0.25) is 0 Å². The fourth-order valence-corrected chi connectivity index (χ4v) is 6.85. The molecule has 0 unspecified atom stereocenters. The fraction of sp³-hybridized carbons (Fsp3) is 0.467. The van der Waals surface area contributed by atoms with E-state index < -0.39 is 29.1 Å². The van der Waals surface area contributed by atoms with Gasteiger partial charge in [0.2, 0.25) is 11.6 Å². The van der Waals surface area contributed by atoms with Gasteiger partial charge < -0.3 is 28.4 Å². The summed E-state index contributed by atoms with van der Waals surface area (Å²) in [4.78, 5) is 0. The lowest BCUT2D eigenvalue weighted by Gasteiger charge is -2.27.